The standard InChI is InChI=1S/C19H18O5/c1-9(2)4-5-11-8-14-16(19(23)17(11)21)18(22)15-12(20)6-10(3)7-13(15)24-14/h4,6-8,20-21,23H,5H2,1-3H3. The summed E-state index contributed by atoms with van der Waals surface area (Å²) in [7, 11) is 0. The molecule has 3 N–H and O–H groups in total. The number of aromatic hydroxyl groups is 3. The summed E-state index contributed by atoms with van der Waals surface area (Å²) in [4.78, 5) is 12.7. The molecule has 5 nitrogen and oxygen atoms in total. The Balaban J connectivity index is 2.42. The molecule has 0 aliphatic rings. The molecule has 0 spiro atoms. The molecule has 0 aliphatic carbocycles. The number of hydrogen-bond acceptors (Lipinski definition) is 5. The highest BCUT2D eigenvalue weighted by atomic mass is 16.3. The lowest BCUT2D eigenvalue weighted by molar-refractivity contribution is 0.403. The summed E-state index contributed by atoms with van der Waals surface area (Å²) in [5.41, 5.74) is 2.10. The second-order valence-electron chi connectivity index (χ2n) is 6.18. The average Bonchev–Trinajstić information content (AvgIpc) is 2.48. The van der Waals surface area contributed by atoms with E-state index >= 15 is 0 Å². The van der Waals surface area contributed by atoms with Crippen LogP contribution >= 0.6 is 0 Å². The summed E-state index contributed by atoms with van der Waals surface area (Å²) in [6.07, 6.45) is 2.30. The van der Waals surface area contributed by atoms with Gasteiger partial charge in [-0.2, -0.15) is 0 Å². The van der Waals surface area contributed by atoms with Gasteiger partial charge in [-0.3, -0.25) is 4.79 Å². The maximum Gasteiger partial charge on any atom is 0.208 e. The summed E-state index contributed by atoms with van der Waals surface area (Å²) in [5, 5.41) is 30.4. The van der Waals surface area contributed by atoms with Gasteiger partial charge in [-0.05, 0) is 51.0 Å². The van der Waals surface area contributed by atoms with Gasteiger partial charge in [-0.1, -0.05) is 11.6 Å². The van der Waals surface area contributed by atoms with Crippen LogP contribution in [-0.2, 0) is 6.42 Å². The first-order chi connectivity index (χ1) is 11.3. The molecule has 24 heavy (non-hydrogen) atoms. The van der Waals surface area contributed by atoms with E-state index in [4.69, 9.17) is 4.42 Å². The molecule has 0 aliphatic heterocycles. The third-order valence-electron chi connectivity index (χ3n) is 3.95. The van der Waals surface area contributed by atoms with Crippen molar-refractivity contribution >= 4 is 21.9 Å². The fourth-order valence-electron chi connectivity index (χ4n) is 2.74. The number of aryl methyl sites for hydroxylation is 1. The molecule has 124 valence electrons. The third-order valence-corrected chi connectivity index (χ3v) is 3.95. The Morgan fingerprint density at radius 2 is 1.71 bits per heavy atom. The van der Waals surface area contributed by atoms with E-state index in [2.05, 4.69) is 0 Å². The fourth-order valence-corrected chi connectivity index (χ4v) is 2.74. The monoisotopic (exact) mass is 326 g/mol. The Bertz CT molecular complexity index is 1050. The van der Waals surface area contributed by atoms with Gasteiger partial charge in [0.2, 0.25) is 5.43 Å². The van der Waals surface area contributed by atoms with Gasteiger partial charge < -0.3 is 19.7 Å². The Morgan fingerprint density at radius 1 is 1.04 bits per heavy atom. The van der Waals surface area contributed by atoms with E-state index in [9.17, 15) is 20.1 Å². The van der Waals surface area contributed by atoms with Crippen molar-refractivity contribution in [2.24, 2.45) is 0 Å². The number of fused-ring (bicyclic) bond motifs is 2. The van der Waals surface area contributed by atoms with Crippen molar-refractivity contribution in [3.05, 3.63) is 51.2 Å². The predicted octanol–water partition coefficient (Wildman–Crippen LogP) is 3.88. The van der Waals surface area contributed by atoms with Crippen LogP contribution < -0.4 is 5.43 Å². The predicted molar refractivity (Wildman–Crippen MR) is 92.9 cm³/mol. The van der Waals surface area contributed by atoms with E-state index in [-0.39, 0.29) is 33.4 Å². The summed E-state index contributed by atoms with van der Waals surface area (Å²) < 4.78 is 5.72. The molecule has 0 radical (unpaired) electrons. The third kappa shape index (κ3) is 2.48. The molecule has 2 aromatic carbocycles. The van der Waals surface area contributed by atoms with E-state index < -0.39 is 11.2 Å². The maximum absolute atomic E-state index is 12.7. The van der Waals surface area contributed by atoms with Gasteiger partial charge in [0, 0.05) is 5.56 Å². The highest BCUT2D eigenvalue weighted by molar-refractivity contribution is 5.97. The largest absolute Gasteiger partial charge is 0.507 e. The van der Waals surface area contributed by atoms with Crippen molar-refractivity contribution in [2.75, 3.05) is 0 Å². The topological polar surface area (TPSA) is 90.9 Å². The smallest absolute Gasteiger partial charge is 0.208 e. The molecular weight excluding hydrogens is 308 g/mol. The van der Waals surface area contributed by atoms with Crippen LogP contribution in [-0.4, -0.2) is 15.3 Å². The van der Waals surface area contributed by atoms with Crippen LogP contribution in [0.15, 0.2) is 39.1 Å². The Kier molecular flexibility index (Phi) is 3.72. The Labute approximate surface area is 138 Å². The van der Waals surface area contributed by atoms with Crippen molar-refractivity contribution in [3.63, 3.8) is 0 Å². The number of rotatable bonds is 2. The molecule has 0 fully saturated rings. The number of allylic oxidation sites excluding steroid dienone is 2. The SMILES string of the molecule is CC(C)=CCc1cc2oc3cc(C)cc(O)c3c(=O)c2c(O)c1O. The first-order valence-electron chi connectivity index (χ1n) is 7.57. The van der Waals surface area contributed by atoms with Gasteiger partial charge in [0.05, 0.1) is 0 Å². The minimum absolute atomic E-state index is 0.0140. The van der Waals surface area contributed by atoms with Crippen molar-refractivity contribution < 1.29 is 19.7 Å². The van der Waals surface area contributed by atoms with E-state index in [1.54, 1.807) is 19.1 Å². The first-order valence-corrected chi connectivity index (χ1v) is 7.57. The zero-order chi connectivity index (χ0) is 17.6. The van der Waals surface area contributed by atoms with Crippen LogP contribution in [0.2, 0.25) is 0 Å². The lowest BCUT2D eigenvalue weighted by atomic mass is 10.0. The van der Waals surface area contributed by atoms with Crippen LogP contribution in [0.3, 0.4) is 0 Å². The maximum atomic E-state index is 12.7. The molecule has 0 unspecified atom stereocenters. The highest BCUT2D eigenvalue weighted by Crippen LogP contribution is 2.38. The molecule has 0 bridgehead atoms. The van der Waals surface area contributed by atoms with Crippen molar-refractivity contribution in [3.8, 4) is 17.2 Å². The molecule has 5 heteroatoms. The van der Waals surface area contributed by atoms with E-state index in [0.717, 1.165) is 11.1 Å². The van der Waals surface area contributed by atoms with E-state index in [1.807, 2.05) is 19.9 Å². The Hall–Kier alpha value is -2.95. The second-order valence-corrected chi connectivity index (χ2v) is 6.18. The van der Waals surface area contributed by atoms with E-state index in [1.165, 1.54) is 6.07 Å². The summed E-state index contributed by atoms with van der Waals surface area (Å²) in [5.74, 6) is -1.09. The van der Waals surface area contributed by atoms with Crippen molar-refractivity contribution in [2.45, 2.75) is 27.2 Å². The van der Waals surface area contributed by atoms with Crippen molar-refractivity contribution in [1.82, 2.24) is 0 Å². The first kappa shape index (κ1) is 15.9. The van der Waals surface area contributed by atoms with Crippen LogP contribution in [0.4, 0.5) is 0 Å². The van der Waals surface area contributed by atoms with Gasteiger partial charge in [0.15, 0.2) is 11.5 Å². The number of hydrogen-bond donors (Lipinski definition) is 3. The lowest BCUT2D eigenvalue weighted by Gasteiger charge is -2.10. The molecular formula is C19H18O5. The minimum atomic E-state index is -0.578. The molecule has 0 amide bonds. The normalized spacial score (nSPS) is 11.1. The van der Waals surface area contributed by atoms with Gasteiger partial charge >= 0.3 is 0 Å². The summed E-state index contributed by atoms with van der Waals surface area (Å²) in [6, 6.07) is 4.64. The number of benzene rings is 2. The molecule has 0 saturated heterocycles. The minimum Gasteiger partial charge on any atom is -0.507 e. The molecule has 0 saturated carbocycles. The van der Waals surface area contributed by atoms with E-state index in [0.29, 0.717) is 12.0 Å². The molecule has 3 rings (SSSR count). The van der Waals surface area contributed by atoms with Crippen LogP contribution in [0, 0.1) is 6.92 Å². The highest BCUT2D eigenvalue weighted by Gasteiger charge is 2.19. The number of phenolic OH excluding ortho intramolecular Hbond substituents is 3. The van der Waals surface area contributed by atoms with Crippen LogP contribution in [0.25, 0.3) is 21.9 Å². The quantitative estimate of drug-likeness (QED) is 0.378. The average molecular weight is 326 g/mol. The van der Waals surface area contributed by atoms with Gasteiger partial charge in [-0.15, -0.1) is 0 Å². The molecule has 1 aromatic heterocycles. The molecule has 0 atom stereocenters. The van der Waals surface area contributed by atoms with Crippen LogP contribution in [0.5, 0.6) is 17.2 Å². The summed E-state index contributed by atoms with van der Waals surface area (Å²) in [6.45, 7) is 5.63. The van der Waals surface area contributed by atoms with Gasteiger partial charge in [-0.25, -0.2) is 0 Å². The summed E-state index contributed by atoms with van der Waals surface area (Å²) >= 11 is 0. The molecule has 1 heterocycles. The molecule has 3 aromatic rings. The van der Waals surface area contributed by atoms with Gasteiger partial charge in [0.25, 0.3) is 0 Å². The Morgan fingerprint density at radius 3 is 2.38 bits per heavy atom. The lowest BCUT2D eigenvalue weighted by Crippen LogP contribution is -2.04. The second kappa shape index (κ2) is 5.60. The zero-order valence-electron chi connectivity index (χ0n) is 13.7. The number of phenols is 3. The van der Waals surface area contributed by atoms with Gasteiger partial charge in [0.1, 0.15) is 27.7 Å². The fraction of sp³-hybridized carbons (Fsp3) is 0.211. The van der Waals surface area contributed by atoms with Crippen molar-refractivity contribution in [1.29, 1.82) is 0 Å². The zero-order valence-corrected chi connectivity index (χ0v) is 13.7. The van der Waals surface area contributed by atoms with Crippen LogP contribution in [0.1, 0.15) is 25.0 Å².